The lowest BCUT2D eigenvalue weighted by atomic mass is 10.0. The highest BCUT2D eigenvalue weighted by molar-refractivity contribution is 7.47. The van der Waals surface area contributed by atoms with Crippen molar-refractivity contribution in [3.63, 3.8) is 0 Å². The zero-order valence-corrected chi connectivity index (χ0v) is 38.8. The second-order valence-corrected chi connectivity index (χ2v) is 18.0. The van der Waals surface area contributed by atoms with Gasteiger partial charge in [-0.15, -0.1) is 0 Å². The smallest absolute Gasteiger partial charge is 0.462 e. The number of ether oxygens (including phenoxy) is 2. The van der Waals surface area contributed by atoms with Crippen LogP contribution in [0.5, 0.6) is 0 Å². The molecule has 0 aliphatic heterocycles. The van der Waals surface area contributed by atoms with E-state index in [1.807, 2.05) is 12.2 Å². The first-order valence-electron chi connectivity index (χ1n) is 22.5. The summed E-state index contributed by atoms with van der Waals surface area (Å²) in [5.74, 6) is -1.32. The average Bonchev–Trinajstić information content (AvgIpc) is 3.21. The van der Waals surface area contributed by atoms with Crippen molar-refractivity contribution >= 4 is 27.6 Å². The molecule has 0 radical (unpaired) electrons. The topological polar surface area (TPSA) is 236 Å². The highest BCUT2D eigenvalue weighted by Gasteiger charge is 2.28. The van der Waals surface area contributed by atoms with Gasteiger partial charge < -0.3 is 39.5 Å². The summed E-state index contributed by atoms with van der Waals surface area (Å²) in [6.45, 7) is 1.32. The first-order valence-corrected chi connectivity index (χ1v) is 25.5. The predicted molar refractivity (Wildman–Crippen MR) is 237 cm³/mol. The third kappa shape index (κ3) is 41.8. The highest BCUT2D eigenvalue weighted by Crippen LogP contribution is 2.43. The van der Waals surface area contributed by atoms with Gasteiger partial charge in [-0.1, -0.05) is 152 Å². The number of rotatable bonds is 42. The molecule has 61 heavy (non-hydrogen) atoms. The number of aliphatic hydroxyl groups is 3. The van der Waals surface area contributed by atoms with Gasteiger partial charge in [0, 0.05) is 12.8 Å². The van der Waals surface area contributed by atoms with Crippen LogP contribution in [0, 0.1) is 0 Å². The molecule has 0 rings (SSSR count). The van der Waals surface area contributed by atoms with Crippen LogP contribution in [-0.2, 0) is 41.8 Å². The molecule has 5 atom stereocenters. The van der Waals surface area contributed by atoms with Crippen molar-refractivity contribution in [2.45, 2.75) is 192 Å². The second-order valence-electron chi connectivity index (χ2n) is 15.3. The first-order chi connectivity index (χ1) is 29.2. The first kappa shape index (κ1) is 59.0. The summed E-state index contributed by atoms with van der Waals surface area (Å²) in [6, 6.07) is 0. The van der Waals surface area contributed by atoms with E-state index < -0.39 is 78.4 Å². The van der Waals surface area contributed by atoms with E-state index in [2.05, 4.69) is 53.3 Å². The van der Waals surface area contributed by atoms with Gasteiger partial charge >= 0.3 is 27.6 Å². The van der Waals surface area contributed by atoms with Crippen LogP contribution in [0.3, 0.4) is 0 Å². The van der Waals surface area contributed by atoms with E-state index in [9.17, 15) is 38.9 Å². The van der Waals surface area contributed by atoms with Gasteiger partial charge in [-0.05, 0) is 51.4 Å². The monoisotopic (exact) mass is 910 g/mol. The number of hydrogen-bond donors (Lipinski definition) is 6. The van der Waals surface area contributed by atoms with E-state index in [0.29, 0.717) is 12.8 Å². The summed E-state index contributed by atoms with van der Waals surface area (Å²) in [6.07, 6.45) is 32.7. The summed E-state index contributed by atoms with van der Waals surface area (Å²) in [4.78, 5) is 52.8. The maximum Gasteiger partial charge on any atom is 0.472 e. The minimum Gasteiger partial charge on any atom is -0.462 e. The molecule has 0 amide bonds. The van der Waals surface area contributed by atoms with Gasteiger partial charge in [0.1, 0.15) is 12.7 Å². The lowest BCUT2D eigenvalue weighted by Crippen LogP contribution is -2.30. The summed E-state index contributed by atoms with van der Waals surface area (Å²) >= 11 is 0. The Morgan fingerprint density at radius 1 is 0.525 bits per heavy atom. The van der Waals surface area contributed by atoms with Gasteiger partial charge in [-0.25, -0.2) is 9.13 Å². The van der Waals surface area contributed by atoms with Crippen molar-refractivity contribution in [1.82, 2.24) is 0 Å². The zero-order valence-electron chi connectivity index (χ0n) is 37.0. The summed E-state index contributed by atoms with van der Waals surface area (Å²) in [7, 11) is -9.79. The Morgan fingerprint density at radius 2 is 0.984 bits per heavy atom. The molecule has 0 bridgehead atoms. The molecule has 15 nitrogen and oxygen atoms in total. The Morgan fingerprint density at radius 3 is 1.51 bits per heavy atom. The van der Waals surface area contributed by atoms with Crippen LogP contribution < -0.4 is 0 Å². The SMILES string of the molecule is CC/C=C\C/C=C\C/C=C\C/C=C\C[C@@H](O)[C@H](O)CCCC(=O)O[C@H](COC(=O)CCCCCCCCCCCCCCCCC)COP(=O)(O)OC[C@@H](O)COP(=O)(O)O. The molecule has 356 valence electrons. The van der Waals surface area contributed by atoms with Crippen LogP contribution in [0.1, 0.15) is 168 Å². The van der Waals surface area contributed by atoms with Crippen molar-refractivity contribution in [3.8, 4) is 0 Å². The Bertz CT molecular complexity index is 1300. The quantitative estimate of drug-likeness (QED) is 0.0145. The van der Waals surface area contributed by atoms with Crippen LogP contribution in [0.4, 0.5) is 0 Å². The van der Waals surface area contributed by atoms with E-state index >= 15 is 0 Å². The fourth-order valence-corrected chi connectivity index (χ4v) is 7.06. The Hall–Kier alpha value is -2.00. The number of carbonyl (C=O) groups excluding carboxylic acids is 2. The second kappa shape index (κ2) is 39.6. The van der Waals surface area contributed by atoms with Crippen molar-refractivity contribution in [1.29, 1.82) is 0 Å². The number of allylic oxidation sites excluding steroid dienone is 7. The zero-order chi connectivity index (χ0) is 45.5. The number of hydrogen-bond acceptors (Lipinski definition) is 12. The van der Waals surface area contributed by atoms with Gasteiger partial charge in [0.25, 0.3) is 0 Å². The number of carbonyl (C=O) groups is 2. The number of phosphoric acid groups is 2. The number of esters is 2. The maximum atomic E-state index is 12.7. The van der Waals surface area contributed by atoms with Crippen molar-refractivity contribution < 1.29 is 71.8 Å². The molecule has 0 saturated heterocycles. The maximum absolute atomic E-state index is 12.7. The molecule has 0 saturated carbocycles. The molecular formula is C44H80O15P2. The lowest BCUT2D eigenvalue weighted by molar-refractivity contribution is -0.161. The molecule has 0 spiro atoms. The van der Waals surface area contributed by atoms with Gasteiger partial charge in [0.05, 0.1) is 32.0 Å². The normalized spacial score (nSPS) is 15.5. The summed E-state index contributed by atoms with van der Waals surface area (Å²) < 4.78 is 47.6. The van der Waals surface area contributed by atoms with E-state index in [4.69, 9.17) is 23.8 Å². The third-order valence-corrected chi connectivity index (χ3v) is 10.9. The number of unbranched alkanes of at least 4 members (excludes halogenated alkanes) is 14. The third-order valence-electron chi connectivity index (χ3n) is 9.42. The Kier molecular flexibility index (Phi) is 38.3. The van der Waals surface area contributed by atoms with E-state index in [0.717, 1.165) is 44.9 Å². The summed E-state index contributed by atoms with van der Waals surface area (Å²) in [5.41, 5.74) is 0. The number of aliphatic hydroxyl groups excluding tert-OH is 3. The molecule has 0 fully saturated rings. The molecule has 0 heterocycles. The molecule has 17 heteroatoms. The van der Waals surface area contributed by atoms with Gasteiger partial charge in [0.2, 0.25) is 0 Å². The van der Waals surface area contributed by atoms with Crippen molar-refractivity contribution in [3.05, 3.63) is 48.6 Å². The minimum atomic E-state index is -4.90. The highest BCUT2D eigenvalue weighted by atomic mass is 31.2. The number of phosphoric ester groups is 2. The van der Waals surface area contributed by atoms with Crippen LogP contribution in [0.15, 0.2) is 48.6 Å². The molecule has 0 aromatic carbocycles. The van der Waals surface area contributed by atoms with E-state index in [1.54, 1.807) is 6.08 Å². The molecule has 1 unspecified atom stereocenters. The van der Waals surface area contributed by atoms with E-state index in [1.165, 1.54) is 64.2 Å². The largest absolute Gasteiger partial charge is 0.472 e. The van der Waals surface area contributed by atoms with Gasteiger partial charge in [0.15, 0.2) is 6.10 Å². The average molecular weight is 911 g/mol. The van der Waals surface area contributed by atoms with Crippen LogP contribution >= 0.6 is 15.6 Å². The van der Waals surface area contributed by atoms with Crippen LogP contribution in [0.25, 0.3) is 0 Å². The minimum absolute atomic E-state index is 0.0902. The Balaban J connectivity index is 4.74. The van der Waals surface area contributed by atoms with Crippen LogP contribution in [-0.4, -0.2) is 92.8 Å². The van der Waals surface area contributed by atoms with Gasteiger partial charge in [-0.2, -0.15) is 0 Å². The molecular weight excluding hydrogens is 830 g/mol. The standard InChI is InChI=1S/C44H80O15P2/c1-3-5-7-9-11-13-15-17-18-19-21-23-25-27-29-33-43(48)55-37-40(38-58-61(53,54)57-36-39(45)35-56-60(50,51)52)59-44(49)34-30-32-42(47)41(46)31-28-26-24-22-20-16-14-12-10-8-6-4-2/h6,8,12,14,20,22,26,28,39-42,45-47H,3-5,7,9-11,13,15-19,21,23-25,27,29-38H2,1-2H3,(H,53,54)(H2,50,51,52)/b8-6-,14-12-,22-20-,28-26-/t39-,40+,41+,42+/m0/s1. The fraction of sp³-hybridized carbons (Fsp3) is 0.773. The molecule has 6 N–H and O–H groups in total. The molecule has 0 aliphatic rings. The van der Waals surface area contributed by atoms with Crippen LogP contribution in [0.2, 0.25) is 0 Å². The molecule has 0 aromatic rings. The Labute approximate surface area is 365 Å². The lowest BCUT2D eigenvalue weighted by Gasteiger charge is -2.21. The van der Waals surface area contributed by atoms with Crippen molar-refractivity contribution in [2.75, 3.05) is 26.4 Å². The summed E-state index contributed by atoms with van der Waals surface area (Å²) in [5, 5.41) is 30.5. The van der Waals surface area contributed by atoms with Crippen molar-refractivity contribution in [2.24, 2.45) is 0 Å². The fourth-order valence-electron chi connectivity index (χ4n) is 5.91. The predicted octanol–water partition coefficient (Wildman–Crippen LogP) is 9.39. The van der Waals surface area contributed by atoms with Gasteiger partial charge in [-0.3, -0.25) is 23.2 Å². The molecule has 0 aliphatic carbocycles. The van der Waals surface area contributed by atoms with E-state index in [-0.39, 0.29) is 32.1 Å². The molecule has 0 aromatic heterocycles.